The van der Waals surface area contributed by atoms with Crippen molar-refractivity contribution >= 4 is 0 Å². The number of nitrogens with two attached hydrogens (primary N) is 1. The van der Waals surface area contributed by atoms with Gasteiger partial charge in [0, 0.05) is 12.6 Å². The first-order valence-corrected chi connectivity index (χ1v) is 6.81. The summed E-state index contributed by atoms with van der Waals surface area (Å²) in [6.45, 7) is 3.49. The van der Waals surface area contributed by atoms with Crippen molar-refractivity contribution in [2.75, 3.05) is 13.2 Å². The molecule has 0 saturated carbocycles. The maximum Gasteiger partial charge on any atom is 0.0974 e. The Kier molecular flexibility index (Phi) is 5.17. The minimum atomic E-state index is -0.0447. The van der Waals surface area contributed by atoms with Crippen molar-refractivity contribution in [1.82, 2.24) is 0 Å². The van der Waals surface area contributed by atoms with E-state index in [0.29, 0.717) is 6.61 Å². The fourth-order valence-corrected chi connectivity index (χ4v) is 2.34. The molecule has 1 fully saturated rings. The van der Waals surface area contributed by atoms with E-state index in [4.69, 9.17) is 15.2 Å². The molecule has 0 aromatic heterocycles. The zero-order chi connectivity index (χ0) is 12.8. The van der Waals surface area contributed by atoms with Gasteiger partial charge in [-0.2, -0.15) is 0 Å². The molecule has 1 aromatic rings. The molecule has 100 valence electrons. The first-order chi connectivity index (χ1) is 8.77. The van der Waals surface area contributed by atoms with Gasteiger partial charge in [-0.15, -0.1) is 0 Å². The standard InChI is InChI=1S/C15H23NO2/c1-12(16)15(13-7-3-2-4-8-13)18-11-14-9-5-6-10-17-14/h2-4,7-8,12,14-15H,5-6,9-11,16H2,1H3. The van der Waals surface area contributed by atoms with Crippen molar-refractivity contribution in [3.8, 4) is 0 Å². The summed E-state index contributed by atoms with van der Waals surface area (Å²) in [6.07, 6.45) is 3.70. The van der Waals surface area contributed by atoms with Gasteiger partial charge < -0.3 is 15.2 Å². The van der Waals surface area contributed by atoms with E-state index < -0.39 is 0 Å². The third kappa shape index (κ3) is 3.80. The molecule has 3 heteroatoms. The third-order valence-electron chi connectivity index (χ3n) is 3.34. The van der Waals surface area contributed by atoms with E-state index in [1.807, 2.05) is 25.1 Å². The number of hydrogen-bond donors (Lipinski definition) is 1. The van der Waals surface area contributed by atoms with Crippen molar-refractivity contribution in [3.63, 3.8) is 0 Å². The van der Waals surface area contributed by atoms with Gasteiger partial charge in [-0.3, -0.25) is 0 Å². The average molecular weight is 249 g/mol. The Morgan fingerprint density at radius 1 is 1.33 bits per heavy atom. The van der Waals surface area contributed by atoms with Crippen LogP contribution in [0.4, 0.5) is 0 Å². The molecule has 0 spiro atoms. The Labute approximate surface area is 109 Å². The van der Waals surface area contributed by atoms with Gasteiger partial charge in [0.15, 0.2) is 0 Å². The van der Waals surface area contributed by atoms with Crippen LogP contribution in [-0.4, -0.2) is 25.4 Å². The highest BCUT2D eigenvalue weighted by Gasteiger charge is 2.20. The van der Waals surface area contributed by atoms with E-state index in [1.165, 1.54) is 12.8 Å². The van der Waals surface area contributed by atoms with Crippen molar-refractivity contribution in [2.24, 2.45) is 5.73 Å². The summed E-state index contributed by atoms with van der Waals surface area (Å²) in [7, 11) is 0. The Morgan fingerprint density at radius 2 is 2.11 bits per heavy atom. The lowest BCUT2D eigenvalue weighted by Gasteiger charge is -2.27. The molecule has 0 amide bonds. The van der Waals surface area contributed by atoms with Crippen LogP contribution in [0.25, 0.3) is 0 Å². The largest absolute Gasteiger partial charge is 0.376 e. The minimum absolute atomic E-state index is 0.0176. The molecule has 0 bridgehead atoms. The Balaban J connectivity index is 1.90. The Morgan fingerprint density at radius 3 is 2.72 bits per heavy atom. The zero-order valence-electron chi connectivity index (χ0n) is 11.0. The molecule has 0 radical (unpaired) electrons. The van der Waals surface area contributed by atoms with E-state index in [-0.39, 0.29) is 18.2 Å². The van der Waals surface area contributed by atoms with Crippen molar-refractivity contribution in [3.05, 3.63) is 35.9 Å². The van der Waals surface area contributed by atoms with Crippen LogP contribution in [0.3, 0.4) is 0 Å². The molecule has 3 unspecified atom stereocenters. The first-order valence-electron chi connectivity index (χ1n) is 6.81. The third-order valence-corrected chi connectivity index (χ3v) is 3.34. The summed E-state index contributed by atoms with van der Waals surface area (Å²) >= 11 is 0. The second kappa shape index (κ2) is 6.88. The van der Waals surface area contributed by atoms with E-state index in [0.717, 1.165) is 18.6 Å². The maximum atomic E-state index is 6.02. The van der Waals surface area contributed by atoms with Crippen LogP contribution < -0.4 is 5.73 Å². The van der Waals surface area contributed by atoms with Crippen molar-refractivity contribution in [1.29, 1.82) is 0 Å². The lowest BCUT2D eigenvalue weighted by atomic mass is 10.0. The average Bonchev–Trinajstić information content (AvgIpc) is 2.41. The second-order valence-corrected chi connectivity index (χ2v) is 5.01. The summed E-state index contributed by atoms with van der Waals surface area (Å²) < 4.78 is 11.7. The number of ether oxygens (including phenoxy) is 2. The van der Waals surface area contributed by atoms with E-state index in [9.17, 15) is 0 Å². The van der Waals surface area contributed by atoms with Gasteiger partial charge >= 0.3 is 0 Å². The molecule has 1 aromatic carbocycles. The normalized spacial score (nSPS) is 23.6. The van der Waals surface area contributed by atoms with Crippen molar-refractivity contribution < 1.29 is 9.47 Å². The van der Waals surface area contributed by atoms with Crippen LogP contribution in [0.5, 0.6) is 0 Å². The monoisotopic (exact) mass is 249 g/mol. The van der Waals surface area contributed by atoms with E-state index in [2.05, 4.69) is 12.1 Å². The lowest BCUT2D eigenvalue weighted by Crippen LogP contribution is -2.31. The topological polar surface area (TPSA) is 44.5 Å². The van der Waals surface area contributed by atoms with Gasteiger partial charge in [0.05, 0.1) is 18.8 Å². The zero-order valence-corrected chi connectivity index (χ0v) is 11.0. The van der Waals surface area contributed by atoms with Gasteiger partial charge in [0.1, 0.15) is 0 Å². The van der Waals surface area contributed by atoms with Crippen LogP contribution in [0.2, 0.25) is 0 Å². The lowest BCUT2D eigenvalue weighted by molar-refractivity contribution is -0.0680. The summed E-state index contributed by atoms with van der Waals surface area (Å²) in [5.41, 5.74) is 7.16. The van der Waals surface area contributed by atoms with Crippen molar-refractivity contribution in [2.45, 2.75) is 44.4 Å². The van der Waals surface area contributed by atoms with Gasteiger partial charge in [0.2, 0.25) is 0 Å². The molecule has 3 atom stereocenters. The number of rotatable bonds is 5. The number of benzene rings is 1. The van der Waals surface area contributed by atoms with Gasteiger partial charge in [0.25, 0.3) is 0 Å². The van der Waals surface area contributed by atoms with Crippen LogP contribution in [0.15, 0.2) is 30.3 Å². The summed E-state index contributed by atoms with van der Waals surface area (Å²) in [4.78, 5) is 0. The highest BCUT2D eigenvalue weighted by Crippen LogP contribution is 2.22. The molecule has 1 aliphatic rings. The summed E-state index contributed by atoms with van der Waals surface area (Å²) in [6, 6.07) is 10.2. The molecular formula is C15H23NO2. The maximum absolute atomic E-state index is 6.02. The van der Waals surface area contributed by atoms with Gasteiger partial charge in [-0.25, -0.2) is 0 Å². The van der Waals surface area contributed by atoms with Gasteiger partial charge in [-0.1, -0.05) is 30.3 Å². The molecule has 1 saturated heterocycles. The molecule has 2 rings (SSSR count). The Hall–Kier alpha value is -0.900. The smallest absolute Gasteiger partial charge is 0.0974 e. The predicted octanol–water partition coefficient (Wildman–Crippen LogP) is 2.66. The molecule has 0 aliphatic carbocycles. The molecule has 2 N–H and O–H groups in total. The second-order valence-electron chi connectivity index (χ2n) is 5.01. The van der Waals surface area contributed by atoms with Crippen LogP contribution in [-0.2, 0) is 9.47 Å². The molecule has 1 heterocycles. The Bertz CT molecular complexity index is 334. The number of hydrogen-bond acceptors (Lipinski definition) is 3. The predicted molar refractivity (Wildman–Crippen MR) is 72.4 cm³/mol. The highest BCUT2D eigenvalue weighted by molar-refractivity contribution is 5.18. The summed E-state index contributed by atoms with van der Waals surface area (Å²) in [5, 5.41) is 0. The van der Waals surface area contributed by atoms with Crippen LogP contribution >= 0.6 is 0 Å². The molecule has 3 nitrogen and oxygen atoms in total. The fraction of sp³-hybridized carbons (Fsp3) is 0.600. The molecule has 1 aliphatic heterocycles. The molecule has 18 heavy (non-hydrogen) atoms. The van der Waals surface area contributed by atoms with Crippen LogP contribution in [0, 0.1) is 0 Å². The SMILES string of the molecule is CC(N)C(OCC1CCCCO1)c1ccccc1. The fourth-order valence-electron chi connectivity index (χ4n) is 2.34. The first kappa shape index (κ1) is 13.5. The van der Waals surface area contributed by atoms with E-state index >= 15 is 0 Å². The summed E-state index contributed by atoms with van der Waals surface area (Å²) in [5.74, 6) is 0. The van der Waals surface area contributed by atoms with E-state index in [1.54, 1.807) is 0 Å². The molecular weight excluding hydrogens is 226 g/mol. The minimum Gasteiger partial charge on any atom is -0.376 e. The van der Waals surface area contributed by atoms with Crippen LogP contribution in [0.1, 0.15) is 37.9 Å². The highest BCUT2D eigenvalue weighted by atomic mass is 16.5. The quantitative estimate of drug-likeness (QED) is 0.872. The van der Waals surface area contributed by atoms with Gasteiger partial charge in [-0.05, 0) is 31.7 Å².